The Balaban J connectivity index is 2.26. The van der Waals surface area contributed by atoms with Crippen molar-refractivity contribution in [1.29, 1.82) is 0 Å². The van der Waals surface area contributed by atoms with Crippen LogP contribution in [0.15, 0.2) is 0 Å². The zero-order chi connectivity index (χ0) is 12.6. The molecule has 2 heterocycles. The standard InChI is InChI=1S/C11H14N4OS/c1-5-9(6(2)15-14-5)13-11(16)10-7(3)17-8(4)12-10/h1-4H3,(H,13,16)(H,14,15). The molecule has 2 rings (SSSR count). The van der Waals surface area contributed by atoms with Crippen molar-refractivity contribution in [1.82, 2.24) is 15.2 Å². The maximum Gasteiger partial charge on any atom is 0.275 e. The molecule has 2 aromatic rings. The summed E-state index contributed by atoms with van der Waals surface area (Å²) >= 11 is 1.52. The van der Waals surface area contributed by atoms with Crippen LogP contribution >= 0.6 is 11.3 Å². The van der Waals surface area contributed by atoms with Gasteiger partial charge in [0, 0.05) is 4.88 Å². The minimum absolute atomic E-state index is 0.181. The fourth-order valence-electron chi connectivity index (χ4n) is 1.65. The molecule has 1 amide bonds. The first kappa shape index (κ1) is 11.8. The maximum absolute atomic E-state index is 12.0. The number of aromatic amines is 1. The number of carbonyl (C=O) groups is 1. The smallest absolute Gasteiger partial charge is 0.275 e. The van der Waals surface area contributed by atoms with E-state index in [9.17, 15) is 4.79 Å². The first-order valence-corrected chi connectivity index (χ1v) is 6.07. The lowest BCUT2D eigenvalue weighted by molar-refractivity contribution is 0.102. The van der Waals surface area contributed by atoms with Gasteiger partial charge in [-0.05, 0) is 27.7 Å². The van der Waals surface area contributed by atoms with E-state index in [1.165, 1.54) is 11.3 Å². The highest BCUT2D eigenvalue weighted by Gasteiger charge is 2.16. The van der Waals surface area contributed by atoms with E-state index in [2.05, 4.69) is 20.5 Å². The number of hydrogen-bond acceptors (Lipinski definition) is 4. The summed E-state index contributed by atoms with van der Waals surface area (Å²) in [4.78, 5) is 17.2. The summed E-state index contributed by atoms with van der Waals surface area (Å²) in [5, 5.41) is 10.6. The zero-order valence-electron chi connectivity index (χ0n) is 10.2. The Hall–Kier alpha value is -1.69. The second kappa shape index (κ2) is 4.29. The molecule has 0 fully saturated rings. The zero-order valence-corrected chi connectivity index (χ0v) is 11.0. The van der Waals surface area contributed by atoms with E-state index >= 15 is 0 Å². The van der Waals surface area contributed by atoms with Crippen LogP contribution in [0.25, 0.3) is 0 Å². The van der Waals surface area contributed by atoms with Crippen LogP contribution in [0.3, 0.4) is 0 Å². The molecule has 0 saturated heterocycles. The maximum atomic E-state index is 12.0. The Labute approximate surface area is 103 Å². The lowest BCUT2D eigenvalue weighted by Gasteiger charge is -2.03. The molecule has 0 saturated carbocycles. The number of nitrogens with zero attached hydrogens (tertiary/aromatic N) is 2. The molecule has 2 N–H and O–H groups in total. The molecule has 5 nitrogen and oxygen atoms in total. The van der Waals surface area contributed by atoms with Crippen molar-refractivity contribution in [2.24, 2.45) is 0 Å². The number of aryl methyl sites for hydroxylation is 4. The van der Waals surface area contributed by atoms with Gasteiger partial charge in [0.1, 0.15) is 5.69 Å². The van der Waals surface area contributed by atoms with Crippen LogP contribution in [0.5, 0.6) is 0 Å². The van der Waals surface area contributed by atoms with E-state index in [-0.39, 0.29) is 5.91 Å². The number of rotatable bonds is 2. The van der Waals surface area contributed by atoms with Crippen molar-refractivity contribution in [3.8, 4) is 0 Å². The lowest BCUT2D eigenvalue weighted by Crippen LogP contribution is -2.14. The van der Waals surface area contributed by atoms with Crippen molar-refractivity contribution in [2.45, 2.75) is 27.7 Å². The van der Waals surface area contributed by atoms with Gasteiger partial charge in [-0.15, -0.1) is 11.3 Å². The number of H-pyrrole nitrogens is 1. The Morgan fingerprint density at radius 2 is 2.00 bits per heavy atom. The molecular weight excluding hydrogens is 236 g/mol. The van der Waals surface area contributed by atoms with Gasteiger partial charge in [0.05, 0.1) is 22.1 Å². The molecule has 0 unspecified atom stereocenters. The van der Waals surface area contributed by atoms with Crippen molar-refractivity contribution in [3.63, 3.8) is 0 Å². The predicted octanol–water partition coefficient (Wildman–Crippen LogP) is 2.35. The third-order valence-electron chi connectivity index (χ3n) is 2.49. The van der Waals surface area contributed by atoms with E-state index in [1.54, 1.807) is 0 Å². The number of thiazole rings is 1. The van der Waals surface area contributed by atoms with Crippen molar-refractivity contribution >= 4 is 22.9 Å². The van der Waals surface area contributed by atoms with Gasteiger partial charge < -0.3 is 5.32 Å². The summed E-state index contributed by atoms with van der Waals surface area (Å²) in [6.07, 6.45) is 0. The predicted molar refractivity (Wildman–Crippen MR) is 67.6 cm³/mol. The van der Waals surface area contributed by atoms with Crippen LogP contribution in [0.2, 0.25) is 0 Å². The van der Waals surface area contributed by atoms with Crippen LogP contribution in [-0.2, 0) is 0 Å². The average Bonchev–Trinajstić information content (AvgIpc) is 2.74. The molecule has 0 aliphatic heterocycles. The van der Waals surface area contributed by atoms with Crippen molar-refractivity contribution in [3.05, 3.63) is 27.0 Å². The van der Waals surface area contributed by atoms with Gasteiger partial charge in [0.25, 0.3) is 5.91 Å². The summed E-state index contributed by atoms with van der Waals surface area (Å²) < 4.78 is 0. The van der Waals surface area contributed by atoms with Gasteiger partial charge in [-0.3, -0.25) is 9.89 Å². The summed E-state index contributed by atoms with van der Waals surface area (Å²) in [6, 6.07) is 0. The first-order valence-electron chi connectivity index (χ1n) is 5.26. The van der Waals surface area contributed by atoms with Gasteiger partial charge in [0.2, 0.25) is 0 Å². The Morgan fingerprint density at radius 1 is 1.29 bits per heavy atom. The molecule has 0 bridgehead atoms. The monoisotopic (exact) mass is 250 g/mol. The van der Waals surface area contributed by atoms with Crippen LogP contribution in [-0.4, -0.2) is 21.1 Å². The third kappa shape index (κ3) is 2.21. The van der Waals surface area contributed by atoms with E-state index in [0.29, 0.717) is 5.69 Å². The molecule has 17 heavy (non-hydrogen) atoms. The fraction of sp³-hybridized carbons (Fsp3) is 0.364. The molecule has 6 heteroatoms. The van der Waals surface area contributed by atoms with Gasteiger partial charge in [0.15, 0.2) is 0 Å². The van der Waals surface area contributed by atoms with Crippen molar-refractivity contribution in [2.75, 3.05) is 5.32 Å². The Morgan fingerprint density at radius 3 is 2.47 bits per heavy atom. The van der Waals surface area contributed by atoms with Crippen LogP contribution in [0, 0.1) is 27.7 Å². The molecule has 0 atom stereocenters. The molecule has 0 aliphatic rings. The number of anilines is 1. The highest BCUT2D eigenvalue weighted by atomic mass is 32.1. The van der Waals surface area contributed by atoms with E-state index < -0.39 is 0 Å². The molecule has 0 aromatic carbocycles. The topological polar surface area (TPSA) is 70.7 Å². The van der Waals surface area contributed by atoms with E-state index in [0.717, 1.165) is 27.0 Å². The van der Waals surface area contributed by atoms with E-state index in [4.69, 9.17) is 0 Å². The number of amides is 1. The molecular formula is C11H14N4OS. The summed E-state index contributed by atoms with van der Waals surface area (Å²) in [7, 11) is 0. The summed E-state index contributed by atoms with van der Waals surface area (Å²) in [5.74, 6) is -0.181. The quantitative estimate of drug-likeness (QED) is 0.859. The van der Waals surface area contributed by atoms with Gasteiger partial charge in [-0.1, -0.05) is 0 Å². The van der Waals surface area contributed by atoms with Crippen LogP contribution in [0.1, 0.15) is 31.8 Å². The molecule has 0 spiro atoms. The second-order valence-corrected chi connectivity index (χ2v) is 5.31. The highest BCUT2D eigenvalue weighted by Crippen LogP contribution is 2.20. The summed E-state index contributed by atoms with van der Waals surface area (Å²) in [6.45, 7) is 7.50. The minimum atomic E-state index is -0.181. The Kier molecular flexibility index (Phi) is 2.97. The van der Waals surface area contributed by atoms with Gasteiger partial charge in [-0.25, -0.2) is 4.98 Å². The molecule has 0 radical (unpaired) electrons. The molecule has 90 valence electrons. The SMILES string of the molecule is Cc1nc(C(=O)Nc2c(C)n[nH]c2C)c(C)s1. The molecule has 0 aliphatic carbocycles. The largest absolute Gasteiger partial charge is 0.317 e. The third-order valence-corrected chi connectivity index (χ3v) is 3.37. The van der Waals surface area contributed by atoms with Gasteiger partial charge in [-0.2, -0.15) is 5.10 Å². The fourth-order valence-corrected chi connectivity index (χ4v) is 2.46. The van der Waals surface area contributed by atoms with Crippen LogP contribution < -0.4 is 5.32 Å². The number of carbonyl (C=O) groups excluding carboxylic acids is 1. The average molecular weight is 250 g/mol. The minimum Gasteiger partial charge on any atom is -0.317 e. The number of aromatic nitrogens is 3. The Bertz CT molecular complexity index is 551. The second-order valence-electron chi connectivity index (χ2n) is 3.90. The number of hydrogen-bond donors (Lipinski definition) is 2. The van der Waals surface area contributed by atoms with Crippen molar-refractivity contribution < 1.29 is 4.79 Å². The summed E-state index contributed by atoms with van der Waals surface area (Å²) in [5.41, 5.74) is 2.86. The van der Waals surface area contributed by atoms with Crippen LogP contribution in [0.4, 0.5) is 5.69 Å². The highest BCUT2D eigenvalue weighted by molar-refractivity contribution is 7.11. The first-order chi connectivity index (χ1) is 7.99. The number of nitrogens with one attached hydrogen (secondary N) is 2. The lowest BCUT2D eigenvalue weighted by atomic mass is 10.3. The van der Waals surface area contributed by atoms with E-state index in [1.807, 2.05) is 27.7 Å². The normalized spacial score (nSPS) is 10.6. The molecule has 2 aromatic heterocycles. The van der Waals surface area contributed by atoms with Gasteiger partial charge >= 0.3 is 0 Å².